The average molecular weight is 457 g/mol. The van der Waals surface area contributed by atoms with E-state index >= 15 is 0 Å². The number of hydrogen-bond donors (Lipinski definition) is 1. The topological polar surface area (TPSA) is 93.8 Å². The van der Waals surface area contributed by atoms with Gasteiger partial charge in [-0.25, -0.2) is 5.43 Å². The Kier molecular flexibility index (Phi) is 6.44. The zero-order valence-electron chi connectivity index (χ0n) is 12.1. The van der Waals surface area contributed by atoms with Crippen LogP contribution in [0.3, 0.4) is 0 Å². The number of benzene rings is 2. The Labute approximate surface area is 154 Å². The monoisotopic (exact) mass is 455 g/mol. The molecular weight excluding hydrogens is 446 g/mol. The summed E-state index contributed by atoms with van der Waals surface area (Å²) >= 11 is 6.66. The predicted octanol–water partition coefficient (Wildman–Crippen LogP) is 3.65. The molecular formula is C15H11Br2N3O4. The molecule has 0 saturated heterocycles. The molecule has 24 heavy (non-hydrogen) atoms. The summed E-state index contributed by atoms with van der Waals surface area (Å²) in [5.41, 5.74) is 2.93. The van der Waals surface area contributed by atoms with Crippen molar-refractivity contribution in [2.75, 3.05) is 6.61 Å². The fourth-order valence-corrected chi connectivity index (χ4v) is 2.79. The van der Waals surface area contributed by atoms with E-state index < -0.39 is 10.8 Å². The quantitative estimate of drug-likeness (QED) is 0.407. The lowest BCUT2D eigenvalue weighted by Gasteiger charge is -2.07. The number of ether oxygens (including phenoxy) is 1. The van der Waals surface area contributed by atoms with Gasteiger partial charge in [0.1, 0.15) is 5.75 Å². The van der Waals surface area contributed by atoms with Crippen molar-refractivity contribution in [2.24, 2.45) is 5.10 Å². The molecule has 9 heteroatoms. The van der Waals surface area contributed by atoms with Crippen molar-refractivity contribution in [2.45, 2.75) is 0 Å². The molecule has 0 aliphatic carbocycles. The number of nitro groups is 1. The molecule has 2 rings (SSSR count). The maximum atomic E-state index is 11.7. The molecule has 1 N–H and O–H groups in total. The Balaban J connectivity index is 1.83. The van der Waals surface area contributed by atoms with Crippen molar-refractivity contribution in [1.82, 2.24) is 5.43 Å². The van der Waals surface area contributed by atoms with E-state index in [2.05, 4.69) is 42.4 Å². The van der Waals surface area contributed by atoms with E-state index in [1.807, 2.05) is 0 Å². The lowest BCUT2D eigenvalue weighted by molar-refractivity contribution is -0.384. The highest BCUT2D eigenvalue weighted by Gasteiger charge is 2.06. The van der Waals surface area contributed by atoms with Gasteiger partial charge >= 0.3 is 0 Å². The van der Waals surface area contributed by atoms with E-state index in [9.17, 15) is 14.9 Å². The molecule has 0 unspecified atom stereocenters. The highest BCUT2D eigenvalue weighted by Crippen LogP contribution is 2.28. The van der Waals surface area contributed by atoms with Crippen LogP contribution in [0.2, 0.25) is 0 Å². The Hall–Kier alpha value is -2.26. The summed E-state index contributed by atoms with van der Waals surface area (Å²) in [4.78, 5) is 21.7. The molecule has 0 aliphatic heterocycles. The standard InChI is InChI=1S/C15H11Br2N3O4/c16-11-3-6-14(13(17)7-11)24-9-15(21)19-18-8-10-1-4-12(5-2-10)20(22)23/h1-8H,9H2,(H,19,21)/b18-8+. The minimum atomic E-state index is -0.486. The van der Waals surface area contributed by atoms with Crippen molar-refractivity contribution in [3.8, 4) is 5.75 Å². The van der Waals surface area contributed by atoms with E-state index in [1.165, 1.54) is 30.5 Å². The van der Waals surface area contributed by atoms with Gasteiger partial charge in [-0.3, -0.25) is 14.9 Å². The van der Waals surface area contributed by atoms with Crippen LogP contribution in [0.1, 0.15) is 5.56 Å². The van der Waals surface area contributed by atoms with Crippen LogP contribution in [-0.2, 0) is 4.79 Å². The molecule has 1 amide bonds. The number of carbonyl (C=O) groups excluding carboxylic acids is 1. The molecule has 0 radical (unpaired) electrons. The Morgan fingerprint density at radius 2 is 1.96 bits per heavy atom. The maximum Gasteiger partial charge on any atom is 0.277 e. The van der Waals surface area contributed by atoms with E-state index in [0.29, 0.717) is 11.3 Å². The van der Waals surface area contributed by atoms with Crippen LogP contribution in [0.5, 0.6) is 5.75 Å². The maximum absolute atomic E-state index is 11.7. The molecule has 0 saturated carbocycles. The summed E-state index contributed by atoms with van der Waals surface area (Å²) < 4.78 is 6.98. The lowest BCUT2D eigenvalue weighted by Crippen LogP contribution is -2.24. The molecule has 0 aromatic heterocycles. The second-order valence-corrected chi connectivity index (χ2v) is 6.28. The summed E-state index contributed by atoms with van der Waals surface area (Å²) in [5.74, 6) is 0.107. The van der Waals surface area contributed by atoms with Gasteiger partial charge in [-0.05, 0) is 51.8 Å². The third-order valence-corrected chi connectivity index (χ3v) is 3.87. The van der Waals surface area contributed by atoms with Crippen molar-refractivity contribution in [1.29, 1.82) is 0 Å². The molecule has 0 atom stereocenters. The number of nitrogens with one attached hydrogen (secondary N) is 1. The van der Waals surface area contributed by atoms with Gasteiger partial charge in [0.15, 0.2) is 6.61 Å². The number of nitrogens with zero attached hydrogens (tertiary/aromatic N) is 2. The van der Waals surface area contributed by atoms with Crippen LogP contribution >= 0.6 is 31.9 Å². The molecule has 2 aromatic rings. The predicted molar refractivity (Wildman–Crippen MR) is 96.2 cm³/mol. The Morgan fingerprint density at radius 1 is 1.25 bits per heavy atom. The van der Waals surface area contributed by atoms with Crippen molar-refractivity contribution in [3.05, 3.63) is 67.1 Å². The average Bonchev–Trinajstić information content (AvgIpc) is 2.54. The second kappa shape index (κ2) is 8.55. The number of non-ortho nitro benzene ring substituents is 1. The van der Waals surface area contributed by atoms with Gasteiger partial charge in [0.05, 0.1) is 15.6 Å². The van der Waals surface area contributed by atoms with Gasteiger partial charge in [0, 0.05) is 16.6 Å². The summed E-state index contributed by atoms with van der Waals surface area (Å²) in [6.45, 7) is -0.197. The first kappa shape index (κ1) is 18.1. The molecule has 124 valence electrons. The molecule has 0 heterocycles. The fourth-order valence-electron chi connectivity index (χ4n) is 1.63. The van der Waals surface area contributed by atoms with Crippen LogP contribution < -0.4 is 10.2 Å². The molecule has 0 spiro atoms. The second-order valence-electron chi connectivity index (χ2n) is 4.51. The minimum absolute atomic E-state index is 0.00957. The molecule has 0 aliphatic rings. The van der Waals surface area contributed by atoms with Crippen molar-refractivity contribution < 1.29 is 14.5 Å². The zero-order valence-corrected chi connectivity index (χ0v) is 15.3. The van der Waals surface area contributed by atoms with E-state index in [0.717, 1.165) is 8.95 Å². The summed E-state index contributed by atoms with van der Waals surface area (Å²) in [5, 5.41) is 14.3. The first-order valence-corrected chi connectivity index (χ1v) is 8.18. The molecule has 0 fully saturated rings. The number of hydrazone groups is 1. The van der Waals surface area contributed by atoms with Gasteiger partial charge in [0.25, 0.3) is 11.6 Å². The number of hydrogen-bond acceptors (Lipinski definition) is 5. The number of carbonyl (C=O) groups is 1. The Morgan fingerprint density at radius 3 is 2.58 bits per heavy atom. The Bertz CT molecular complexity index is 779. The summed E-state index contributed by atoms with van der Waals surface area (Å²) in [7, 11) is 0. The van der Waals surface area contributed by atoms with E-state index in [-0.39, 0.29) is 12.3 Å². The number of halogens is 2. The molecule has 7 nitrogen and oxygen atoms in total. The highest BCUT2D eigenvalue weighted by molar-refractivity contribution is 9.11. The lowest BCUT2D eigenvalue weighted by atomic mass is 10.2. The largest absolute Gasteiger partial charge is 0.483 e. The third kappa shape index (κ3) is 5.43. The van der Waals surface area contributed by atoms with Gasteiger partial charge in [-0.1, -0.05) is 15.9 Å². The molecule has 0 bridgehead atoms. The van der Waals surface area contributed by atoms with Crippen LogP contribution in [0.4, 0.5) is 5.69 Å². The number of rotatable bonds is 6. The highest BCUT2D eigenvalue weighted by atomic mass is 79.9. The first-order valence-electron chi connectivity index (χ1n) is 6.60. The van der Waals surface area contributed by atoms with Crippen molar-refractivity contribution in [3.63, 3.8) is 0 Å². The van der Waals surface area contributed by atoms with Crippen LogP contribution in [-0.4, -0.2) is 23.7 Å². The SMILES string of the molecule is O=C(COc1ccc(Br)cc1Br)N/N=C/c1ccc([N+](=O)[O-])cc1. The van der Waals surface area contributed by atoms with Gasteiger partial charge in [0.2, 0.25) is 0 Å². The zero-order chi connectivity index (χ0) is 17.5. The number of nitro benzene ring substituents is 1. The van der Waals surface area contributed by atoms with Crippen LogP contribution in [0.25, 0.3) is 0 Å². The van der Waals surface area contributed by atoms with E-state index in [4.69, 9.17) is 4.74 Å². The molecule has 2 aromatic carbocycles. The fraction of sp³-hybridized carbons (Fsp3) is 0.0667. The smallest absolute Gasteiger partial charge is 0.277 e. The van der Waals surface area contributed by atoms with Crippen LogP contribution in [0, 0.1) is 10.1 Å². The summed E-state index contributed by atoms with van der Waals surface area (Å²) in [6, 6.07) is 11.1. The van der Waals surface area contributed by atoms with E-state index in [1.54, 1.807) is 18.2 Å². The van der Waals surface area contributed by atoms with Crippen LogP contribution in [0.15, 0.2) is 56.5 Å². The van der Waals surface area contributed by atoms with Gasteiger partial charge in [-0.2, -0.15) is 5.10 Å². The summed E-state index contributed by atoms with van der Waals surface area (Å²) in [6.07, 6.45) is 1.39. The van der Waals surface area contributed by atoms with Crippen molar-refractivity contribution >= 4 is 49.7 Å². The first-order chi connectivity index (χ1) is 11.5. The normalized spacial score (nSPS) is 10.6. The van der Waals surface area contributed by atoms with Gasteiger partial charge in [-0.15, -0.1) is 0 Å². The minimum Gasteiger partial charge on any atom is -0.483 e. The van der Waals surface area contributed by atoms with Gasteiger partial charge < -0.3 is 4.74 Å². The number of amides is 1. The third-order valence-electron chi connectivity index (χ3n) is 2.76.